The Morgan fingerprint density at radius 3 is 2.67 bits per heavy atom. The van der Waals surface area contributed by atoms with Crippen LogP contribution in [0.2, 0.25) is 0 Å². The molecule has 0 atom stereocenters. The minimum Gasteiger partial charge on any atom is -0.378 e. The van der Waals surface area contributed by atoms with E-state index < -0.39 is 0 Å². The van der Waals surface area contributed by atoms with E-state index in [-0.39, 0.29) is 5.91 Å². The molecular formula is C19H29N3O2. The lowest BCUT2D eigenvalue weighted by Gasteiger charge is -2.30. The Morgan fingerprint density at radius 1 is 1.12 bits per heavy atom. The molecule has 1 aliphatic carbocycles. The first-order chi connectivity index (χ1) is 11.8. The Kier molecular flexibility index (Phi) is 6.49. The van der Waals surface area contributed by atoms with Crippen molar-refractivity contribution in [2.24, 2.45) is 0 Å². The molecule has 1 aromatic carbocycles. The fourth-order valence-corrected chi connectivity index (χ4v) is 3.57. The molecule has 0 bridgehead atoms. The van der Waals surface area contributed by atoms with Crippen LogP contribution in [0.25, 0.3) is 0 Å². The maximum atomic E-state index is 12.3. The van der Waals surface area contributed by atoms with Crippen LogP contribution in [0.15, 0.2) is 24.3 Å². The summed E-state index contributed by atoms with van der Waals surface area (Å²) in [4.78, 5) is 14.6. The second kappa shape index (κ2) is 9.04. The van der Waals surface area contributed by atoms with Gasteiger partial charge in [-0.2, -0.15) is 0 Å². The number of hydrogen-bond donors (Lipinski definition) is 2. The van der Waals surface area contributed by atoms with Crippen molar-refractivity contribution in [3.8, 4) is 0 Å². The van der Waals surface area contributed by atoms with E-state index in [1.54, 1.807) is 0 Å². The summed E-state index contributed by atoms with van der Waals surface area (Å²) in [5, 5.41) is 6.61. The minimum atomic E-state index is 0.0824. The molecule has 1 amide bonds. The van der Waals surface area contributed by atoms with Crippen molar-refractivity contribution in [1.82, 2.24) is 5.32 Å². The normalized spacial score (nSPS) is 19.2. The van der Waals surface area contributed by atoms with Crippen LogP contribution in [0, 0.1) is 0 Å². The predicted molar refractivity (Wildman–Crippen MR) is 97.6 cm³/mol. The summed E-state index contributed by atoms with van der Waals surface area (Å²) < 4.78 is 5.42. The summed E-state index contributed by atoms with van der Waals surface area (Å²) in [6.45, 7) is 3.99. The summed E-state index contributed by atoms with van der Waals surface area (Å²) >= 11 is 0. The average molecular weight is 331 g/mol. The minimum absolute atomic E-state index is 0.0824. The van der Waals surface area contributed by atoms with E-state index in [2.05, 4.69) is 21.6 Å². The van der Waals surface area contributed by atoms with E-state index in [0.717, 1.165) is 44.2 Å². The highest BCUT2D eigenvalue weighted by Crippen LogP contribution is 2.26. The second-order valence-corrected chi connectivity index (χ2v) is 6.70. The lowest BCUT2D eigenvalue weighted by molar-refractivity contribution is -0.116. The number of morpholine rings is 1. The highest BCUT2D eigenvalue weighted by molar-refractivity contribution is 5.94. The fourth-order valence-electron chi connectivity index (χ4n) is 3.57. The van der Waals surface area contributed by atoms with Gasteiger partial charge in [-0.1, -0.05) is 31.4 Å². The van der Waals surface area contributed by atoms with Crippen LogP contribution in [-0.2, 0) is 9.53 Å². The summed E-state index contributed by atoms with van der Waals surface area (Å²) in [5.74, 6) is 0.0824. The highest BCUT2D eigenvalue weighted by atomic mass is 16.5. The molecular weight excluding hydrogens is 302 g/mol. The number of nitrogens with zero attached hydrogens (tertiary/aromatic N) is 1. The van der Waals surface area contributed by atoms with Crippen LogP contribution in [0.1, 0.15) is 38.5 Å². The largest absolute Gasteiger partial charge is 0.378 e. The highest BCUT2D eigenvalue weighted by Gasteiger charge is 2.16. The first-order valence-corrected chi connectivity index (χ1v) is 9.28. The zero-order chi connectivity index (χ0) is 16.6. The van der Waals surface area contributed by atoms with Crippen LogP contribution in [0.3, 0.4) is 0 Å². The fraction of sp³-hybridized carbons (Fsp3) is 0.632. The van der Waals surface area contributed by atoms with E-state index in [1.807, 2.05) is 18.2 Å². The molecule has 0 spiro atoms. The van der Waals surface area contributed by atoms with Crippen molar-refractivity contribution in [3.63, 3.8) is 0 Å². The summed E-state index contributed by atoms with van der Waals surface area (Å²) in [5.41, 5.74) is 2.00. The molecule has 3 rings (SSSR count). The summed E-state index contributed by atoms with van der Waals surface area (Å²) in [6, 6.07) is 8.65. The van der Waals surface area contributed by atoms with Gasteiger partial charge in [-0.3, -0.25) is 4.79 Å². The molecule has 0 unspecified atom stereocenters. The van der Waals surface area contributed by atoms with Gasteiger partial charge in [-0.15, -0.1) is 0 Å². The molecule has 0 aromatic heterocycles. The Hall–Kier alpha value is -1.59. The van der Waals surface area contributed by atoms with Crippen LogP contribution in [-0.4, -0.2) is 44.8 Å². The van der Waals surface area contributed by atoms with Gasteiger partial charge < -0.3 is 20.3 Å². The number of anilines is 2. The molecule has 132 valence electrons. The Bertz CT molecular complexity index is 523. The lowest BCUT2D eigenvalue weighted by atomic mass is 9.95. The van der Waals surface area contributed by atoms with Crippen molar-refractivity contribution in [3.05, 3.63) is 24.3 Å². The third-order valence-electron chi connectivity index (χ3n) is 4.92. The van der Waals surface area contributed by atoms with Crippen molar-refractivity contribution in [2.45, 2.75) is 44.6 Å². The zero-order valence-corrected chi connectivity index (χ0v) is 14.4. The van der Waals surface area contributed by atoms with E-state index in [9.17, 15) is 4.79 Å². The third-order valence-corrected chi connectivity index (χ3v) is 4.92. The van der Waals surface area contributed by atoms with Crippen LogP contribution in [0.5, 0.6) is 0 Å². The second-order valence-electron chi connectivity index (χ2n) is 6.70. The molecule has 1 aromatic rings. The monoisotopic (exact) mass is 331 g/mol. The first-order valence-electron chi connectivity index (χ1n) is 9.28. The summed E-state index contributed by atoms with van der Waals surface area (Å²) in [6.07, 6.45) is 7.02. The molecule has 5 heteroatoms. The van der Waals surface area contributed by atoms with Gasteiger partial charge in [0.25, 0.3) is 0 Å². The van der Waals surface area contributed by atoms with Crippen LogP contribution >= 0.6 is 0 Å². The van der Waals surface area contributed by atoms with Gasteiger partial charge in [-0.25, -0.2) is 0 Å². The number of amides is 1. The van der Waals surface area contributed by atoms with Crippen molar-refractivity contribution >= 4 is 17.3 Å². The predicted octanol–water partition coefficient (Wildman–Crippen LogP) is 2.77. The topological polar surface area (TPSA) is 53.6 Å². The van der Waals surface area contributed by atoms with E-state index in [1.165, 1.54) is 32.1 Å². The van der Waals surface area contributed by atoms with Crippen molar-refractivity contribution in [1.29, 1.82) is 0 Å². The molecule has 1 heterocycles. The Balaban J connectivity index is 1.48. The van der Waals surface area contributed by atoms with Gasteiger partial charge in [0.1, 0.15) is 0 Å². The molecule has 24 heavy (non-hydrogen) atoms. The molecule has 2 aliphatic rings. The number of carbonyl (C=O) groups is 1. The van der Waals surface area contributed by atoms with Crippen LogP contribution in [0.4, 0.5) is 11.4 Å². The number of ether oxygens (including phenoxy) is 1. The molecule has 5 nitrogen and oxygen atoms in total. The standard InChI is InChI=1S/C19H29N3O2/c23-19(10-11-20-16-6-2-1-3-7-16)21-17-8-4-5-9-18(17)22-12-14-24-15-13-22/h4-5,8-9,16,20H,1-3,6-7,10-15H2,(H,21,23). The molecule has 1 saturated heterocycles. The quantitative estimate of drug-likeness (QED) is 0.842. The first kappa shape index (κ1) is 17.2. The zero-order valence-electron chi connectivity index (χ0n) is 14.4. The SMILES string of the molecule is O=C(CCNC1CCCCC1)Nc1ccccc1N1CCOCC1. The maximum absolute atomic E-state index is 12.3. The Labute approximate surface area is 144 Å². The molecule has 2 fully saturated rings. The number of rotatable bonds is 6. The smallest absolute Gasteiger partial charge is 0.225 e. The van der Waals surface area contributed by atoms with Gasteiger partial charge in [-0.05, 0) is 25.0 Å². The molecule has 0 radical (unpaired) electrons. The van der Waals surface area contributed by atoms with E-state index in [0.29, 0.717) is 12.5 Å². The van der Waals surface area contributed by atoms with Gasteiger partial charge in [0.05, 0.1) is 24.6 Å². The van der Waals surface area contributed by atoms with E-state index >= 15 is 0 Å². The average Bonchev–Trinajstić information content (AvgIpc) is 2.64. The van der Waals surface area contributed by atoms with Crippen LogP contribution < -0.4 is 15.5 Å². The number of para-hydroxylation sites is 2. The van der Waals surface area contributed by atoms with Crippen molar-refractivity contribution in [2.75, 3.05) is 43.1 Å². The van der Waals surface area contributed by atoms with Gasteiger partial charge in [0, 0.05) is 32.1 Å². The van der Waals surface area contributed by atoms with Crippen molar-refractivity contribution < 1.29 is 9.53 Å². The number of nitrogens with one attached hydrogen (secondary N) is 2. The maximum Gasteiger partial charge on any atom is 0.225 e. The summed E-state index contributed by atoms with van der Waals surface area (Å²) in [7, 11) is 0. The molecule has 1 saturated carbocycles. The van der Waals surface area contributed by atoms with Gasteiger partial charge >= 0.3 is 0 Å². The third kappa shape index (κ3) is 4.95. The number of benzene rings is 1. The number of carbonyl (C=O) groups excluding carboxylic acids is 1. The Morgan fingerprint density at radius 2 is 1.88 bits per heavy atom. The van der Waals surface area contributed by atoms with Gasteiger partial charge in [0.15, 0.2) is 0 Å². The number of hydrogen-bond acceptors (Lipinski definition) is 4. The lowest BCUT2D eigenvalue weighted by Crippen LogP contribution is -2.37. The van der Waals surface area contributed by atoms with E-state index in [4.69, 9.17) is 4.74 Å². The molecule has 1 aliphatic heterocycles. The van der Waals surface area contributed by atoms with Gasteiger partial charge in [0.2, 0.25) is 5.91 Å². The molecule has 2 N–H and O–H groups in total.